The molecule has 0 aliphatic heterocycles. The Kier molecular flexibility index (Phi) is 14.7. The lowest BCUT2D eigenvalue weighted by atomic mass is 9.67. The molecule has 0 bridgehead atoms. The Bertz CT molecular complexity index is 4730. The van der Waals surface area contributed by atoms with Gasteiger partial charge in [0.25, 0.3) is 0 Å². The van der Waals surface area contributed by atoms with E-state index in [1.165, 1.54) is 93.0 Å². The van der Waals surface area contributed by atoms with E-state index < -0.39 is 13.5 Å². The zero-order valence-corrected chi connectivity index (χ0v) is 58.6. The lowest BCUT2D eigenvalue weighted by molar-refractivity contribution is 0.395. The van der Waals surface area contributed by atoms with Crippen molar-refractivity contribution in [2.45, 2.75) is 152 Å². The average molecular weight is 1240 g/mol. The smallest absolute Gasteiger partial charge is 0.145 e. The predicted octanol–water partition coefficient (Wildman–Crippen LogP) is 24.2. The largest absolute Gasteiger partial charge is 0.455 e. The molecule has 1 aromatic heterocycles. The van der Waals surface area contributed by atoms with Crippen molar-refractivity contribution in [1.29, 1.82) is 0 Å². The zero-order valence-electron chi connectivity index (χ0n) is 56.8. The highest BCUT2D eigenvalue weighted by atomic mass is 32.2. The Labute approximate surface area is 553 Å². The number of hydrogen-bond donors (Lipinski definition) is 0. The minimum absolute atomic E-state index is 0.0230. The number of allylic oxidation sites excluding steroid dienone is 4. The second-order valence-corrected chi connectivity index (χ2v) is 37.4. The predicted molar refractivity (Wildman–Crippen MR) is 397 cm³/mol. The van der Waals surface area contributed by atoms with E-state index >= 15 is 0 Å². The normalized spacial score (nSPS) is 17.4. The lowest BCUT2D eigenvalue weighted by Crippen LogP contribution is -2.38. The van der Waals surface area contributed by atoms with E-state index in [0.717, 1.165) is 50.4 Å². The van der Waals surface area contributed by atoms with Crippen molar-refractivity contribution in [3.05, 3.63) is 292 Å². The van der Waals surface area contributed by atoms with Crippen LogP contribution in [-0.4, -0.2) is 8.07 Å². The van der Waals surface area contributed by atoms with Gasteiger partial charge in [-0.1, -0.05) is 252 Å². The fourth-order valence-corrected chi connectivity index (χ4v) is 17.5. The number of nitrogens with zero attached hydrogens (tertiary/aromatic N) is 2. The maximum Gasteiger partial charge on any atom is 0.145 e. The van der Waals surface area contributed by atoms with E-state index in [-0.39, 0.29) is 33.5 Å². The van der Waals surface area contributed by atoms with Crippen molar-refractivity contribution in [3.63, 3.8) is 0 Å². The van der Waals surface area contributed by atoms with Crippen LogP contribution in [0.4, 0.5) is 34.1 Å². The quantitative estimate of drug-likeness (QED) is 0.120. The van der Waals surface area contributed by atoms with Gasteiger partial charge in [-0.3, -0.25) is 0 Å². The number of para-hydroxylation sites is 1. The van der Waals surface area contributed by atoms with Crippen LogP contribution in [0.3, 0.4) is 0 Å². The van der Waals surface area contributed by atoms with Crippen LogP contribution in [0.1, 0.15) is 143 Å². The summed E-state index contributed by atoms with van der Waals surface area (Å²) in [4.78, 5) is 7.56. The summed E-state index contributed by atoms with van der Waals surface area (Å²) in [6.45, 7) is 37.6. The first-order valence-corrected chi connectivity index (χ1v) is 37.5. The number of anilines is 6. The first-order valence-electron chi connectivity index (χ1n) is 33.2. The zero-order chi connectivity index (χ0) is 64.6. The van der Waals surface area contributed by atoms with Gasteiger partial charge < -0.3 is 14.2 Å². The second kappa shape index (κ2) is 22.2. The van der Waals surface area contributed by atoms with Crippen molar-refractivity contribution in [1.82, 2.24) is 0 Å². The number of aryl methyl sites for hydroxylation is 2. The maximum absolute atomic E-state index is 7.79. The molecule has 0 saturated heterocycles. The SMILES string of the molecule is Cc1cccc(N(c2ccc(C(C)(C)C)cc2)c2cc3c(c4c2C(C)(C)C2C=CC=CC42)-c2c(cc(N(c4ccc(C(C)(C)C)cc4)c4cccc(C)c4)c4c2oc2ccccc24)C3(c2ccc(Sc3ccc(C(C)(C)C)cc3)cc2)c2ccc([Si](C)(C)C)cc2)c1. The standard InChI is InChI=1S/C87H88N2OSSi/c1-55-23-21-25-64(51-55)88(62-41-31-57(32-42-62)83(3,4)5)74-53-73-80(82-77(74)70-28-18-20-30-76(70)90-82)79-72(87(73,61-39-49-68(50-40-61)92(14,15)16)60-37-47-67(48-38-60)91-66-45-35-59(36-46-66)85(9,10)11)54-75(81-78(79)69-27-17-19-29-71(69)86(81,12)13)89(65-26-22-24-56(2)52-65)63-43-33-58(34-44-63)84(6,7)8/h17-54,69,71H,1-16H3. The highest BCUT2D eigenvalue weighted by molar-refractivity contribution is 7.99. The van der Waals surface area contributed by atoms with Gasteiger partial charge in [-0.15, -0.1) is 0 Å². The summed E-state index contributed by atoms with van der Waals surface area (Å²) in [6, 6.07) is 80.0. The molecular weight excluding hydrogens is 1150 g/mol. The van der Waals surface area contributed by atoms with Crippen LogP contribution in [0.5, 0.6) is 0 Å². The van der Waals surface area contributed by atoms with Gasteiger partial charge in [0.2, 0.25) is 0 Å². The third-order valence-electron chi connectivity index (χ3n) is 20.4. The third-order valence-corrected chi connectivity index (χ3v) is 23.5. The fraction of sp³-hybridized carbons (Fsp3) is 0.264. The minimum Gasteiger partial charge on any atom is -0.455 e. The molecule has 3 unspecified atom stereocenters. The van der Waals surface area contributed by atoms with Crippen LogP contribution < -0.4 is 15.0 Å². The van der Waals surface area contributed by atoms with E-state index in [1.807, 2.05) is 11.8 Å². The third kappa shape index (κ3) is 10.2. The molecule has 0 amide bonds. The molecule has 0 fully saturated rings. The Morgan fingerprint density at radius 1 is 0.467 bits per heavy atom. The number of rotatable bonds is 11. The van der Waals surface area contributed by atoms with Crippen molar-refractivity contribution in [2.24, 2.45) is 5.92 Å². The molecular formula is C87H88N2OSSi. The van der Waals surface area contributed by atoms with E-state index in [0.29, 0.717) is 0 Å². The number of fused-ring (bicyclic) bond motifs is 11. The molecule has 0 saturated carbocycles. The van der Waals surface area contributed by atoms with Gasteiger partial charge in [-0.25, -0.2) is 0 Å². The molecule has 3 aliphatic rings. The topological polar surface area (TPSA) is 19.6 Å². The summed E-state index contributed by atoms with van der Waals surface area (Å²) in [5.74, 6) is 0.240. The highest BCUT2D eigenvalue weighted by Gasteiger charge is 2.56. The summed E-state index contributed by atoms with van der Waals surface area (Å²) in [6.07, 6.45) is 9.63. The fourth-order valence-electron chi connectivity index (χ4n) is 15.5. The Morgan fingerprint density at radius 2 is 0.935 bits per heavy atom. The molecule has 5 heteroatoms. The molecule has 0 spiro atoms. The van der Waals surface area contributed by atoms with E-state index in [4.69, 9.17) is 4.42 Å². The van der Waals surface area contributed by atoms with Crippen molar-refractivity contribution >= 4 is 81.1 Å². The van der Waals surface area contributed by atoms with Gasteiger partial charge in [-0.2, -0.15) is 0 Å². The maximum atomic E-state index is 7.79. The van der Waals surface area contributed by atoms with Crippen LogP contribution in [0.2, 0.25) is 19.6 Å². The number of furan rings is 1. The van der Waals surface area contributed by atoms with Crippen LogP contribution >= 0.6 is 11.8 Å². The van der Waals surface area contributed by atoms with Crippen molar-refractivity contribution < 1.29 is 4.42 Å². The van der Waals surface area contributed by atoms with E-state index in [2.05, 4.69) is 350 Å². The van der Waals surface area contributed by atoms with Crippen LogP contribution in [-0.2, 0) is 27.1 Å². The van der Waals surface area contributed by atoms with Gasteiger partial charge in [0.15, 0.2) is 0 Å². The van der Waals surface area contributed by atoms with Gasteiger partial charge in [-0.05, 0) is 199 Å². The summed E-state index contributed by atoms with van der Waals surface area (Å²) in [5.41, 5.74) is 23.8. The molecule has 0 N–H and O–H groups in total. The van der Waals surface area contributed by atoms with Gasteiger partial charge >= 0.3 is 0 Å². The van der Waals surface area contributed by atoms with Gasteiger partial charge in [0.05, 0.1) is 30.2 Å². The van der Waals surface area contributed by atoms with Crippen molar-refractivity contribution in [3.8, 4) is 11.1 Å². The van der Waals surface area contributed by atoms with E-state index in [9.17, 15) is 0 Å². The summed E-state index contributed by atoms with van der Waals surface area (Å²) in [7, 11) is -1.79. The summed E-state index contributed by atoms with van der Waals surface area (Å²) < 4.78 is 7.79. The van der Waals surface area contributed by atoms with E-state index in [1.54, 1.807) is 0 Å². The molecule has 3 nitrogen and oxygen atoms in total. The molecule has 14 rings (SSSR count). The first kappa shape index (κ1) is 61.2. The molecule has 0 radical (unpaired) electrons. The molecule has 462 valence electrons. The molecule has 3 atom stereocenters. The summed E-state index contributed by atoms with van der Waals surface area (Å²) in [5, 5.41) is 3.63. The van der Waals surface area contributed by atoms with Crippen LogP contribution in [0.25, 0.3) is 33.1 Å². The number of benzene rings is 10. The van der Waals surface area contributed by atoms with Gasteiger partial charge in [0.1, 0.15) is 11.2 Å². The average Bonchev–Trinajstić information content (AvgIpc) is 1.49. The monoisotopic (exact) mass is 1240 g/mol. The molecule has 92 heavy (non-hydrogen) atoms. The Hall–Kier alpha value is -8.35. The summed E-state index contributed by atoms with van der Waals surface area (Å²) >= 11 is 1.83. The second-order valence-electron chi connectivity index (χ2n) is 31.2. The van der Waals surface area contributed by atoms with Crippen molar-refractivity contribution in [2.75, 3.05) is 9.80 Å². The van der Waals surface area contributed by atoms with Crippen LogP contribution in [0, 0.1) is 19.8 Å². The van der Waals surface area contributed by atoms with Gasteiger partial charge in [0, 0.05) is 49.4 Å². The Balaban J connectivity index is 1.17. The van der Waals surface area contributed by atoms with Crippen LogP contribution in [0.15, 0.2) is 245 Å². The molecule has 10 aromatic carbocycles. The number of hydrogen-bond acceptors (Lipinski definition) is 4. The molecule has 3 aliphatic carbocycles. The first-order chi connectivity index (χ1) is 43.7. The lowest BCUT2D eigenvalue weighted by Gasteiger charge is -2.38. The minimum atomic E-state index is -1.79. The Morgan fingerprint density at radius 3 is 1.46 bits per heavy atom. The molecule has 1 heterocycles. The molecule has 11 aromatic rings. The highest BCUT2D eigenvalue weighted by Crippen LogP contribution is 2.68.